The third-order valence-electron chi connectivity index (χ3n) is 3.92. The molecular formula is C16H20FNO3. The van der Waals surface area contributed by atoms with E-state index in [0.717, 1.165) is 24.8 Å². The number of benzene rings is 1. The fourth-order valence-corrected chi connectivity index (χ4v) is 2.77. The van der Waals surface area contributed by atoms with Crippen LogP contribution in [0.2, 0.25) is 0 Å². The van der Waals surface area contributed by atoms with Crippen molar-refractivity contribution < 1.29 is 18.7 Å². The van der Waals surface area contributed by atoms with E-state index in [4.69, 9.17) is 0 Å². The molecule has 114 valence electrons. The van der Waals surface area contributed by atoms with Crippen LogP contribution in [0, 0.1) is 5.82 Å². The van der Waals surface area contributed by atoms with Gasteiger partial charge in [0.25, 0.3) is 0 Å². The number of carbonyl (C=O) groups excluding carboxylic acids is 2. The zero-order valence-electron chi connectivity index (χ0n) is 12.1. The molecule has 1 amide bonds. The van der Waals surface area contributed by atoms with Gasteiger partial charge >= 0.3 is 5.97 Å². The summed E-state index contributed by atoms with van der Waals surface area (Å²) in [5, 5.41) is 2.95. The van der Waals surface area contributed by atoms with Crippen LogP contribution in [0.3, 0.4) is 0 Å². The van der Waals surface area contributed by atoms with Gasteiger partial charge in [0.15, 0.2) is 0 Å². The molecule has 0 radical (unpaired) electrons. The molecule has 5 heteroatoms. The third kappa shape index (κ3) is 4.55. The minimum atomic E-state index is -0.374. The van der Waals surface area contributed by atoms with Crippen molar-refractivity contribution in [1.82, 2.24) is 5.32 Å². The predicted octanol–water partition coefficient (Wildman–Crippen LogP) is 2.53. The summed E-state index contributed by atoms with van der Waals surface area (Å²) < 4.78 is 17.4. The Morgan fingerprint density at radius 3 is 2.62 bits per heavy atom. The van der Waals surface area contributed by atoms with Gasteiger partial charge in [-0.25, -0.2) is 4.39 Å². The summed E-state index contributed by atoms with van der Waals surface area (Å²) in [7, 11) is 1.31. The van der Waals surface area contributed by atoms with Crippen LogP contribution in [0.1, 0.15) is 43.6 Å². The lowest BCUT2D eigenvalue weighted by atomic mass is 9.97. The number of hydrogen-bond donors (Lipinski definition) is 1. The van der Waals surface area contributed by atoms with Crippen molar-refractivity contribution in [2.45, 2.75) is 44.1 Å². The number of nitrogens with one attached hydrogen (secondary N) is 1. The number of ether oxygens (including phenoxy) is 1. The van der Waals surface area contributed by atoms with Crippen LogP contribution < -0.4 is 5.32 Å². The first kappa shape index (κ1) is 15.5. The summed E-state index contributed by atoms with van der Waals surface area (Å²) in [6.07, 6.45) is 3.01. The van der Waals surface area contributed by atoms with Crippen molar-refractivity contribution in [3.8, 4) is 0 Å². The molecule has 4 nitrogen and oxygen atoms in total. The summed E-state index contributed by atoms with van der Waals surface area (Å²) in [4.78, 5) is 22.7. The van der Waals surface area contributed by atoms with Crippen molar-refractivity contribution in [2.75, 3.05) is 7.11 Å². The Morgan fingerprint density at radius 2 is 1.95 bits per heavy atom. The van der Waals surface area contributed by atoms with Crippen LogP contribution in [0.25, 0.3) is 0 Å². The minimum Gasteiger partial charge on any atom is -0.469 e. The fourth-order valence-electron chi connectivity index (χ4n) is 2.77. The summed E-state index contributed by atoms with van der Waals surface area (Å²) in [6, 6.07) is 6.68. The predicted molar refractivity (Wildman–Crippen MR) is 76.2 cm³/mol. The summed E-state index contributed by atoms with van der Waals surface area (Å²) in [5.41, 5.74) is 1.11. The van der Waals surface area contributed by atoms with E-state index >= 15 is 0 Å². The molecule has 2 atom stereocenters. The van der Waals surface area contributed by atoms with Crippen LogP contribution in [0.15, 0.2) is 24.3 Å². The van der Waals surface area contributed by atoms with E-state index in [0.29, 0.717) is 5.92 Å². The van der Waals surface area contributed by atoms with Crippen molar-refractivity contribution in [3.63, 3.8) is 0 Å². The van der Waals surface area contributed by atoms with Gasteiger partial charge in [0.1, 0.15) is 5.82 Å². The molecule has 0 spiro atoms. The van der Waals surface area contributed by atoms with Gasteiger partial charge in [0.2, 0.25) is 5.91 Å². The molecule has 1 aromatic carbocycles. The van der Waals surface area contributed by atoms with Crippen LogP contribution in [-0.4, -0.2) is 25.0 Å². The number of rotatable bonds is 5. The summed E-state index contributed by atoms with van der Waals surface area (Å²) in [6.45, 7) is 0. The molecule has 0 bridgehead atoms. The van der Waals surface area contributed by atoms with Crippen LogP contribution in [0.5, 0.6) is 0 Å². The molecule has 21 heavy (non-hydrogen) atoms. The molecule has 0 aliphatic heterocycles. The lowest BCUT2D eigenvalue weighted by molar-refractivity contribution is -0.142. The molecule has 2 rings (SSSR count). The van der Waals surface area contributed by atoms with Crippen LogP contribution >= 0.6 is 0 Å². The van der Waals surface area contributed by atoms with Gasteiger partial charge in [-0.2, -0.15) is 0 Å². The van der Waals surface area contributed by atoms with E-state index in [9.17, 15) is 14.0 Å². The Hall–Kier alpha value is -1.91. The molecule has 1 aromatic rings. The van der Waals surface area contributed by atoms with E-state index in [-0.39, 0.29) is 36.6 Å². The maximum Gasteiger partial charge on any atom is 0.306 e. The number of hydrogen-bond acceptors (Lipinski definition) is 3. The second-order valence-electron chi connectivity index (χ2n) is 5.40. The number of esters is 1. The highest BCUT2D eigenvalue weighted by molar-refractivity contribution is 5.81. The quantitative estimate of drug-likeness (QED) is 0.849. The van der Waals surface area contributed by atoms with Crippen molar-refractivity contribution in [1.29, 1.82) is 0 Å². The smallest absolute Gasteiger partial charge is 0.306 e. The molecule has 1 fully saturated rings. The SMILES string of the molecule is COC(=O)CCC(=O)N[C@H]1CC[C@@H](c2ccc(F)cc2)C1. The standard InChI is InChI=1S/C16H20FNO3/c1-21-16(20)9-8-15(19)18-14-7-4-12(10-14)11-2-5-13(17)6-3-11/h2-3,5-6,12,14H,4,7-10H2,1H3,(H,18,19)/t12-,14+/m1/s1. The van der Waals surface area contributed by atoms with Gasteiger partial charge in [-0.05, 0) is 42.9 Å². The van der Waals surface area contributed by atoms with Crippen LogP contribution in [-0.2, 0) is 14.3 Å². The average Bonchev–Trinajstić information content (AvgIpc) is 2.94. The van der Waals surface area contributed by atoms with E-state index < -0.39 is 0 Å². The first-order valence-corrected chi connectivity index (χ1v) is 7.20. The fraction of sp³-hybridized carbons (Fsp3) is 0.500. The molecule has 1 aliphatic carbocycles. The largest absolute Gasteiger partial charge is 0.469 e. The van der Waals surface area contributed by atoms with E-state index in [1.165, 1.54) is 19.2 Å². The number of amides is 1. The highest BCUT2D eigenvalue weighted by Gasteiger charge is 2.27. The summed E-state index contributed by atoms with van der Waals surface area (Å²) >= 11 is 0. The van der Waals surface area contributed by atoms with E-state index in [1.54, 1.807) is 12.1 Å². The lowest BCUT2D eigenvalue weighted by Gasteiger charge is -2.13. The Bertz CT molecular complexity index is 501. The molecular weight excluding hydrogens is 273 g/mol. The maximum atomic E-state index is 12.9. The van der Waals surface area contributed by atoms with Gasteiger partial charge in [-0.15, -0.1) is 0 Å². The molecule has 1 N–H and O–H groups in total. The summed E-state index contributed by atoms with van der Waals surface area (Å²) in [5.74, 6) is -0.369. The van der Waals surface area contributed by atoms with Crippen LogP contribution in [0.4, 0.5) is 4.39 Å². The highest BCUT2D eigenvalue weighted by atomic mass is 19.1. The van der Waals surface area contributed by atoms with Gasteiger partial charge in [0, 0.05) is 12.5 Å². The van der Waals surface area contributed by atoms with Gasteiger partial charge in [-0.3, -0.25) is 9.59 Å². The molecule has 0 unspecified atom stereocenters. The zero-order valence-corrected chi connectivity index (χ0v) is 12.1. The van der Waals surface area contributed by atoms with Crippen molar-refractivity contribution in [2.24, 2.45) is 0 Å². The number of halogens is 1. The Balaban J connectivity index is 1.78. The Labute approximate surface area is 123 Å². The van der Waals surface area contributed by atoms with E-state index in [2.05, 4.69) is 10.1 Å². The minimum absolute atomic E-state index is 0.108. The van der Waals surface area contributed by atoms with Gasteiger partial charge < -0.3 is 10.1 Å². The highest BCUT2D eigenvalue weighted by Crippen LogP contribution is 2.34. The monoisotopic (exact) mass is 293 g/mol. The Kier molecular flexibility index (Phi) is 5.31. The average molecular weight is 293 g/mol. The normalized spacial score (nSPS) is 21.0. The maximum absolute atomic E-state index is 12.9. The van der Waals surface area contributed by atoms with Crippen molar-refractivity contribution >= 4 is 11.9 Å². The van der Waals surface area contributed by atoms with Gasteiger partial charge in [0.05, 0.1) is 13.5 Å². The second-order valence-corrected chi connectivity index (χ2v) is 5.40. The first-order valence-electron chi connectivity index (χ1n) is 7.20. The third-order valence-corrected chi connectivity index (χ3v) is 3.92. The van der Waals surface area contributed by atoms with Crippen molar-refractivity contribution in [3.05, 3.63) is 35.6 Å². The molecule has 1 aliphatic rings. The molecule has 1 saturated carbocycles. The molecule has 0 saturated heterocycles. The topological polar surface area (TPSA) is 55.4 Å². The number of methoxy groups -OCH3 is 1. The number of carbonyl (C=O) groups is 2. The van der Waals surface area contributed by atoms with Gasteiger partial charge in [-0.1, -0.05) is 12.1 Å². The first-order chi connectivity index (χ1) is 10.1. The zero-order chi connectivity index (χ0) is 15.2. The van der Waals surface area contributed by atoms with E-state index in [1.807, 2.05) is 0 Å². The molecule has 0 aromatic heterocycles. The Morgan fingerprint density at radius 1 is 1.24 bits per heavy atom. The molecule has 0 heterocycles. The second kappa shape index (κ2) is 7.20. The lowest BCUT2D eigenvalue weighted by Crippen LogP contribution is -2.33.